The van der Waals surface area contributed by atoms with Gasteiger partial charge in [-0.05, 0) is 0 Å². The number of hydrogen-bond acceptors (Lipinski definition) is 4. The topological polar surface area (TPSA) is 38.8 Å². The number of nitrogens with zero attached hydrogens (tertiary/aromatic N) is 1. The van der Waals surface area contributed by atoms with Gasteiger partial charge in [0.15, 0.2) is 0 Å². The van der Waals surface area contributed by atoms with Crippen molar-refractivity contribution in [3.63, 3.8) is 0 Å². The molecular formula is C11H12F9NO3. The molecule has 13 heteroatoms. The zero-order chi connectivity index (χ0) is 19.0. The zero-order valence-corrected chi connectivity index (χ0v) is 12.0. The first-order chi connectivity index (χ1) is 10.7. The lowest BCUT2D eigenvalue weighted by molar-refractivity contribution is -0.448. The quantitative estimate of drug-likeness (QED) is 0.527. The molecule has 0 aromatic rings. The second-order valence-electron chi connectivity index (χ2n) is 4.85. The molecule has 1 aliphatic rings. The Labute approximate surface area is 129 Å². The van der Waals surface area contributed by atoms with Crippen molar-refractivity contribution < 1.29 is 53.8 Å². The summed E-state index contributed by atoms with van der Waals surface area (Å²) in [5.41, 5.74) is 0. The Bertz CT molecular complexity index is 464. The fourth-order valence-electron chi connectivity index (χ4n) is 1.84. The monoisotopic (exact) mass is 377 g/mol. The highest BCUT2D eigenvalue weighted by Crippen LogP contribution is 2.49. The van der Waals surface area contributed by atoms with Crippen molar-refractivity contribution in [1.82, 2.24) is 4.90 Å². The number of ether oxygens (including phenoxy) is 2. The Morgan fingerprint density at radius 2 is 1.50 bits per heavy atom. The summed E-state index contributed by atoms with van der Waals surface area (Å²) in [5, 5.41) is 0. The average Bonchev–Trinajstić information content (AvgIpc) is 2.45. The molecule has 0 N–H and O–H groups in total. The molecule has 4 nitrogen and oxygen atoms in total. The van der Waals surface area contributed by atoms with E-state index in [1.807, 2.05) is 0 Å². The van der Waals surface area contributed by atoms with Crippen molar-refractivity contribution in [2.24, 2.45) is 0 Å². The number of ketones is 1. The van der Waals surface area contributed by atoms with Crippen LogP contribution < -0.4 is 0 Å². The molecule has 1 saturated heterocycles. The molecule has 1 rings (SSSR count). The molecule has 1 fully saturated rings. The Balaban J connectivity index is 3.18. The number of halogens is 9. The van der Waals surface area contributed by atoms with E-state index >= 15 is 0 Å². The summed E-state index contributed by atoms with van der Waals surface area (Å²) < 4.78 is 127. The second kappa shape index (κ2) is 6.67. The molecule has 0 amide bonds. The van der Waals surface area contributed by atoms with Crippen molar-refractivity contribution in [3.8, 4) is 0 Å². The van der Waals surface area contributed by atoms with Gasteiger partial charge in [0, 0.05) is 20.0 Å². The summed E-state index contributed by atoms with van der Waals surface area (Å²) in [6, 6.07) is 0. The van der Waals surface area contributed by atoms with E-state index in [1.54, 1.807) is 0 Å². The number of Topliss-reactive ketones (excluding diaryl/α,β-unsaturated/α-hetero) is 1. The normalized spacial score (nSPS) is 22.1. The molecule has 1 aliphatic heterocycles. The van der Waals surface area contributed by atoms with Crippen molar-refractivity contribution in [2.45, 2.75) is 37.3 Å². The van der Waals surface area contributed by atoms with E-state index in [-0.39, 0.29) is 6.92 Å². The third kappa shape index (κ3) is 3.61. The molecule has 0 saturated carbocycles. The third-order valence-corrected chi connectivity index (χ3v) is 3.21. The molecule has 142 valence electrons. The van der Waals surface area contributed by atoms with Crippen LogP contribution in [0.15, 0.2) is 0 Å². The highest BCUT2D eigenvalue weighted by atomic mass is 19.4. The van der Waals surface area contributed by atoms with Crippen molar-refractivity contribution >= 4 is 5.78 Å². The predicted molar refractivity (Wildman–Crippen MR) is 58.8 cm³/mol. The van der Waals surface area contributed by atoms with Gasteiger partial charge in [-0.1, -0.05) is 0 Å². The minimum absolute atomic E-state index is 0.0997. The van der Waals surface area contributed by atoms with Gasteiger partial charge in [0.2, 0.25) is 5.78 Å². The van der Waals surface area contributed by atoms with Gasteiger partial charge in [0.1, 0.15) is 0 Å². The van der Waals surface area contributed by atoms with Gasteiger partial charge in [-0.25, -0.2) is 8.78 Å². The van der Waals surface area contributed by atoms with E-state index in [1.165, 1.54) is 0 Å². The van der Waals surface area contributed by atoms with E-state index in [2.05, 4.69) is 9.47 Å². The lowest BCUT2D eigenvalue weighted by atomic mass is 10.1. The minimum atomic E-state index is -6.32. The van der Waals surface area contributed by atoms with Crippen molar-refractivity contribution in [1.29, 1.82) is 0 Å². The molecule has 1 heterocycles. The predicted octanol–water partition coefficient (Wildman–Crippen LogP) is 2.68. The maximum atomic E-state index is 14.3. The lowest BCUT2D eigenvalue weighted by Gasteiger charge is -2.43. The van der Waals surface area contributed by atoms with Crippen LogP contribution in [0.2, 0.25) is 0 Å². The van der Waals surface area contributed by atoms with Crippen molar-refractivity contribution in [3.05, 3.63) is 0 Å². The molecule has 2 atom stereocenters. The minimum Gasteiger partial charge on any atom is -0.379 e. The second-order valence-corrected chi connectivity index (χ2v) is 4.85. The summed E-state index contributed by atoms with van der Waals surface area (Å²) in [5.74, 6) is -13.1. The molecule has 0 aromatic heterocycles. The molecule has 0 spiro atoms. The van der Waals surface area contributed by atoms with E-state index < -0.39 is 67.3 Å². The fourth-order valence-corrected chi connectivity index (χ4v) is 1.84. The van der Waals surface area contributed by atoms with E-state index in [0.717, 1.165) is 0 Å². The summed E-state index contributed by atoms with van der Waals surface area (Å²) in [6.07, 6.45) is -16.9. The lowest BCUT2D eigenvalue weighted by Crippen LogP contribution is -2.69. The Kier molecular flexibility index (Phi) is 5.83. The Morgan fingerprint density at radius 1 is 1.04 bits per heavy atom. The van der Waals surface area contributed by atoms with Crippen LogP contribution >= 0.6 is 0 Å². The first-order valence-corrected chi connectivity index (χ1v) is 6.35. The van der Waals surface area contributed by atoms with Crippen LogP contribution in [-0.4, -0.2) is 67.3 Å². The number of alkyl halides is 9. The molecule has 0 bridgehead atoms. The Morgan fingerprint density at radius 3 is 1.88 bits per heavy atom. The van der Waals surface area contributed by atoms with Gasteiger partial charge < -0.3 is 4.74 Å². The molecule has 2 unspecified atom stereocenters. The molecule has 0 aliphatic carbocycles. The molecule has 24 heavy (non-hydrogen) atoms. The first-order valence-electron chi connectivity index (χ1n) is 6.35. The van der Waals surface area contributed by atoms with Crippen LogP contribution in [0.5, 0.6) is 0 Å². The van der Waals surface area contributed by atoms with Crippen LogP contribution in [-0.2, 0) is 14.3 Å². The van der Waals surface area contributed by atoms with Crippen LogP contribution in [0.1, 0.15) is 6.92 Å². The van der Waals surface area contributed by atoms with E-state index in [0.29, 0.717) is 0 Å². The maximum absolute atomic E-state index is 14.3. The van der Waals surface area contributed by atoms with Crippen LogP contribution in [0.25, 0.3) is 0 Å². The SMILES string of the molecule is CC(=O)C(F)(F)C(F)OC(F)(F)C(F)(N1CCOCC1)C(F)(F)F. The van der Waals surface area contributed by atoms with Gasteiger partial charge in [-0.2, -0.15) is 30.7 Å². The van der Waals surface area contributed by atoms with Gasteiger partial charge in [-0.3, -0.25) is 14.4 Å². The zero-order valence-electron chi connectivity index (χ0n) is 12.0. The number of morpholine rings is 1. The third-order valence-electron chi connectivity index (χ3n) is 3.21. The number of hydrogen-bond donors (Lipinski definition) is 0. The van der Waals surface area contributed by atoms with Gasteiger partial charge in [0.05, 0.1) is 13.2 Å². The van der Waals surface area contributed by atoms with Crippen LogP contribution in [0, 0.1) is 0 Å². The van der Waals surface area contributed by atoms with E-state index in [9.17, 15) is 44.3 Å². The summed E-state index contributed by atoms with van der Waals surface area (Å²) in [4.78, 5) is 10.0. The fraction of sp³-hybridized carbons (Fsp3) is 0.909. The molecular weight excluding hydrogens is 365 g/mol. The average molecular weight is 377 g/mol. The van der Waals surface area contributed by atoms with E-state index in [4.69, 9.17) is 0 Å². The van der Waals surface area contributed by atoms with Crippen LogP contribution in [0.3, 0.4) is 0 Å². The maximum Gasteiger partial charge on any atom is 0.445 e. The standard InChI is InChI=1S/C11H12F9NO3/c1-6(22)8(13,14)7(12)24-11(19,20)9(15,10(16,17)18)21-2-4-23-5-3-21/h7H,2-5H2,1H3. The van der Waals surface area contributed by atoms with Gasteiger partial charge in [-0.15, -0.1) is 0 Å². The highest BCUT2D eigenvalue weighted by Gasteiger charge is 2.77. The highest BCUT2D eigenvalue weighted by molar-refractivity contribution is 5.83. The number of rotatable bonds is 6. The molecule has 0 aromatic carbocycles. The van der Waals surface area contributed by atoms with Crippen molar-refractivity contribution in [2.75, 3.05) is 26.3 Å². The number of carbonyl (C=O) groups excluding carboxylic acids is 1. The Hall–Kier alpha value is -1.08. The summed E-state index contributed by atoms with van der Waals surface area (Å²) >= 11 is 0. The first kappa shape index (κ1) is 21.0. The summed E-state index contributed by atoms with van der Waals surface area (Å²) in [6.45, 7) is -2.96. The number of carbonyl (C=O) groups is 1. The van der Waals surface area contributed by atoms with Gasteiger partial charge in [0.25, 0.3) is 6.36 Å². The smallest absolute Gasteiger partial charge is 0.379 e. The van der Waals surface area contributed by atoms with Gasteiger partial charge >= 0.3 is 24.0 Å². The largest absolute Gasteiger partial charge is 0.445 e. The van der Waals surface area contributed by atoms with Crippen LogP contribution in [0.4, 0.5) is 39.5 Å². The molecule has 0 radical (unpaired) electrons. The summed E-state index contributed by atoms with van der Waals surface area (Å²) in [7, 11) is 0.